The second-order valence-corrected chi connectivity index (χ2v) is 7.47. The van der Waals surface area contributed by atoms with Gasteiger partial charge in [-0.2, -0.15) is 0 Å². The molecule has 0 aliphatic rings. The second kappa shape index (κ2) is 9.10. The van der Waals surface area contributed by atoms with E-state index in [0.29, 0.717) is 22.2 Å². The maximum atomic E-state index is 13.3. The van der Waals surface area contributed by atoms with Crippen LogP contribution in [0.5, 0.6) is 0 Å². The van der Waals surface area contributed by atoms with Gasteiger partial charge >= 0.3 is 11.7 Å². The van der Waals surface area contributed by atoms with E-state index < -0.39 is 35.5 Å². The number of para-hydroxylation sites is 1. The lowest BCUT2D eigenvalue weighted by Crippen LogP contribution is -2.38. The molecule has 9 nitrogen and oxygen atoms in total. The molecule has 0 aliphatic carbocycles. The largest absolute Gasteiger partial charge is 0.452 e. The monoisotopic (exact) mass is 462 g/mol. The normalized spacial score (nSPS) is 10.8. The highest BCUT2D eigenvalue weighted by Crippen LogP contribution is 2.25. The summed E-state index contributed by atoms with van der Waals surface area (Å²) in [4.78, 5) is 53.6. The van der Waals surface area contributed by atoms with Gasteiger partial charge in [0.05, 0.1) is 16.8 Å². The van der Waals surface area contributed by atoms with Crippen molar-refractivity contribution in [2.45, 2.75) is 0 Å². The quantitative estimate of drug-likeness (QED) is 0.455. The summed E-state index contributed by atoms with van der Waals surface area (Å²) in [5, 5.41) is 2.91. The van der Waals surface area contributed by atoms with Crippen LogP contribution >= 0.6 is 0 Å². The SMILES string of the molecule is Cn1c(NC(=O)COC(=O)c2cc(-c3ccc(F)cc3)nc3ccccc23)cc(=O)n(C)c1=O. The van der Waals surface area contributed by atoms with Crippen LogP contribution in [0.3, 0.4) is 0 Å². The zero-order valence-corrected chi connectivity index (χ0v) is 18.2. The van der Waals surface area contributed by atoms with Crippen molar-refractivity contribution in [1.29, 1.82) is 0 Å². The lowest BCUT2D eigenvalue weighted by Gasteiger charge is -2.12. The van der Waals surface area contributed by atoms with Crippen molar-refractivity contribution in [3.8, 4) is 11.3 Å². The van der Waals surface area contributed by atoms with E-state index in [1.807, 2.05) is 0 Å². The zero-order valence-electron chi connectivity index (χ0n) is 18.2. The van der Waals surface area contributed by atoms with Gasteiger partial charge < -0.3 is 10.1 Å². The van der Waals surface area contributed by atoms with Crippen molar-refractivity contribution in [1.82, 2.24) is 14.1 Å². The van der Waals surface area contributed by atoms with Gasteiger partial charge in [0.25, 0.3) is 11.5 Å². The number of amides is 1. The van der Waals surface area contributed by atoms with Crippen molar-refractivity contribution < 1.29 is 18.7 Å². The second-order valence-electron chi connectivity index (χ2n) is 7.47. The van der Waals surface area contributed by atoms with E-state index in [9.17, 15) is 23.6 Å². The third-order valence-corrected chi connectivity index (χ3v) is 5.20. The van der Waals surface area contributed by atoms with Gasteiger partial charge in [-0.1, -0.05) is 18.2 Å². The summed E-state index contributed by atoms with van der Waals surface area (Å²) in [6, 6.07) is 15.2. The number of benzene rings is 2. The number of hydrogen-bond acceptors (Lipinski definition) is 6. The Hall–Kier alpha value is -4.60. The molecule has 0 radical (unpaired) electrons. The molecule has 10 heteroatoms. The minimum atomic E-state index is -0.769. The van der Waals surface area contributed by atoms with Crippen LogP contribution in [0, 0.1) is 5.82 Å². The number of pyridine rings is 1. The summed E-state index contributed by atoms with van der Waals surface area (Å²) in [5.41, 5.74) is 0.536. The predicted octanol–water partition coefficient (Wildman–Crippen LogP) is 2.23. The molecule has 1 N–H and O–H groups in total. The first-order valence-electron chi connectivity index (χ1n) is 10.1. The number of nitrogens with zero attached hydrogens (tertiary/aromatic N) is 3. The average Bonchev–Trinajstić information content (AvgIpc) is 2.84. The van der Waals surface area contributed by atoms with E-state index in [4.69, 9.17) is 4.74 Å². The van der Waals surface area contributed by atoms with Gasteiger partial charge in [0.2, 0.25) is 0 Å². The van der Waals surface area contributed by atoms with Crippen LogP contribution in [0.2, 0.25) is 0 Å². The smallest absolute Gasteiger partial charge is 0.339 e. The van der Waals surface area contributed by atoms with Crippen LogP contribution in [0.1, 0.15) is 10.4 Å². The fraction of sp³-hybridized carbons (Fsp3) is 0.125. The molecule has 4 rings (SSSR count). The molecule has 0 atom stereocenters. The summed E-state index contributed by atoms with van der Waals surface area (Å²) >= 11 is 0. The molecule has 2 aromatic carbocycles. The van der Waals surface area contributed by atoms with Crippen LogP contribution in [0.15, 0.2) is 70.3 Å². The van der Waals surface area contributed by atoms with Crippen molar-refractivity contribution >= 4 is 28.6 Å². The zero-order chi connectivity index (χ0) is 24.4. The number of rotatable bonds is 5. The first kappa shape index (κ1) is 22.6. The maximum absolute atomic E-state index is 13.3. The molecule has 2 heterocycles. The number of fused-ring (bicyclic) bond motifs is 1. The van der Waals surface area contributed by atoms with Gasteiger partial charge in [-0.05, 0) is 36.4 Å². The van der Waals surface area contributed by atoms with Crippen molar-refractivity contribution in [2.75, 3.05) is 11.9 Å². The molecule has 4 aromatic rings. The molecule has 0 saturated heterocycles. The highest BCUT2D eigenvalue weighted by Gasteiger charge is 2.17. The van der Waals surface area contributed by atoms with Crippen molar-refractivity contribution in [3.05, 3.63) is 92.9 Å². The van der Waals surface area contributed by atoms with E-state index in [1.54, 1.807) is 36.4 Å². The van der Waals surface area contributed by atoms with Crippen LogP contribution in [0.4, 0.5) is 10.2 Å². The molecule has 0 bridgehead atoms. The summed E-state index contributed by atoms with van der Waals surface area (Å²) in [6.07, 6.45) is 0. The predicted molar refractivity (Wildman–Crippen MR) is 123 cm³/mol. The Morgan fingerprint density at radius 2 is 1.71 bits per heavy atom. The fourth-order valence-corrected chi connectivity index (χ4v) is 3.35. The summed E-state index contributed by atoms with van der Waals surface area (Å²) < 4.78 is 20.5. The van der Waals surface area contributed by atoms with Gasteiger partial charge in [-0.3, -0.25) is 18.7 Å². The van der Waals surface area contributed by atoms with Crippen LogP contribution in [-0.4, -0.2) is 32.6 Å². The molecular weight excluding hydrogens is 443 g/mol. The fourth-order valence-electron chi connectivity index (χ4n) is 3.35. The number of esters is 1. The van der Waals surface area contributed by atoms with E-state index >= 15 is 0 Å². The lowest BCUT2D eigenvalue weighted by atomic mass is 10.0. The number of ether oxygens (including phenoxy) is 1. The van der Waals surface area contributed by atoms with E-state index in [-0.39, 0.29) is 11.4 Å². The Morgan fingerprint density at radius 3 is 2.44 bits per heavy atom. The molecule has 0 saturated carbocycles. The molecule has 1 amide bonds. The molecule has 0 unspecified atom stereocenters. The minimum absolute atomic E-state index is 0.0258. The number of anilines is 1. The summed E-state index contributed by atoms with van der Waals surface area (Å²) in [6.45, 7) is -0.648. The lowest BCUT2D eigenvalue weighted by molar-refractivity contribution is -0.119. The standard InChI is InChI=1S/C24H19FN4O5/c1-28-20(12-22(31)29(2)24(28)33)27-21(30)13-34-23(32)17-11-19(14-7-9-15(25)10-8-14)26-18-6-4-3-5-16(17)18/h3-12H,13H2,1-2H3,(H,27,30). The summed E-state index contributed by atoms with van der Waals surface area (Å²) in [5.74, 6) is -1.92. The van der Waals surface area contributed by atoms with E-state index in [0.717, 1.165) is 15.2 Å². The number of halogens is 1. The third kappa shape index (κ3) is 4.46. The Balaban J connectivity index is 1.57. The Labute approximate surface area is 192 Å². The van der Waals surface area contributed by atoms with Crippen LogP contribution in [0.25, 0.3) is 22.2 Å². The highest BCUT2D eigenvalue weighted by atomic mass is 19.1. The number of nitrogens with one attached hydrogen (secondary N) is 1. The molecule has 172 valence electrons. The van der Waals surface area contributed by atoms with E-state index in [2.05, 4.69) is 10.3 Å². The van der Waals surface area contributed by atoms with Gasteiger partial charge in [0.15, 0.2) is 6.61 Å². The topological polar surface area (TPSA) is 112 Å². The highest BCUT2D eigenvalue weighted by molar-refractivity contribution is 6.05. The Morgan fingerprint density at radius 1 is 1.00 bits per heavy atom. The minimum Gasteiger partial charge on any atom is -0.452 e. The van der Waals surface area contributed by atoms with E-state index in [1.165, 1.54) is 32.3 Å². The van der Waals surface area contributed by atoms with Gasteiger partial charge in [-0.15, -0.1) is 0 Å². The molecule has 0 fully saturated rings. The number of aromatic nitrogens is 3. The number of carbonyl (C=O) groups excluding carboxylic acids is 2. The Kier molecular flexibility index (Phi) is 6.05. The van der Waals surface area contributed by atoms with Crippen LogP contribution < -0.4 is 16.6 Å². The molecule has 0 aliphatic heterocycles. The molecule has 34 heavy (non-hydrogen) atoms. The van der Waals surface area contributed by atoms with Gasteiger partial charge in [0.1, 0.15) is 11.6 Å². The Bertz CT molecular complexity index is 1540. The average molecular weight is 462 g/mol. The molecule has 2 aromatic heterocycles. The first-order chi connectivity index (χ1) is 16.2. The first-order valence-corrected chi connectivity index (χ1v) is 10.1. The van der Waals surface area contributed by atoms with Gasteiger partial charge in [0, 0.05) is 31.1 Å². The van der Waals surface area contributed by atoms with Crippen LogP contribution in [-0.2, 0) is 23.6 Å². The van der Waals surface area contributed by atoms with Crippen molar-refractivity contribution in [3.63, 3.8) is 0 Å². The third-order valence-electron chi connectivity index (χ3n) is 5.20. The number of carbonyl (C=O) groups is 2. The van der Waals surface area contributed by atoms with Crippen molar-refractivity contribution in [2.24, 2.45) is 14.1 Å². The maximum Gasteiger partial charge on any atom is 0.339 e. The van der Waals surface area contributed by atoms with Gasteiger partial charge in [-0.25, -0.2) is 19.0 Å². The summed E-state index contributed by atoms with van der Waals surface area (Å²) in [7, 11) is 2.71. The molecule has 0 spiro atoms. The number of hydrogen-bond donors (Lipinski definition) is 1. The molecular formula is C24H19FN4O5.